The first-order valence-corrected chi connectivity index (χ1v) is 12.9. The summed E-state index contributed by atoms with van der Waals surface area (Å²) in [5.74, 6) is 1.69. The zero-order valence-electron chi connectivity index (χ0n) is 22.2. The Bertz CT molecular complexity index is 1590. The lowest BCUT2D eigenvalue weighted by Gasteiger charge is -2.42. The second kappa shape index (κ2) is 9.42. The Morgan fingerprint density at radius 1 is 0.526 bits per heavy atom. The predicted molar refractivity (Wildman–Crippen MR) is 157 cm³/mol. The van der Waals surface area contributed by atoms with Gasteiger partial charge in [-0.15, -0.1) is 0 Å². The fourth-order valence-electron chi connectivity index (χ4n) is 5.75. The Labute approximate surface area is 224 Å². The molecule has 0 saturated heterocycles. The monoisotopic (exact) mass is 497 g/mol. The van der Waals surface area contributed by atoms with E-state index in [1.165, 1.54) is 22.5 Å². The van der Waals surface area contributed by atoms with Crippen LogP contribution in [0, 0.1) is 0 Å². The lowest BCUT2D eigenvalue weighted by molar-refractivity contribution is 0.416. The lowest BCUT2D eigenvalue weighted by Crippen LogP contribution is -2.30. The number of hydrogen-bond donors (Lipinski definition) is 0. The van der Waals surface area contributed by atoms with Gasteiger partial charge in [-0.05, 0) is 64.7 Å². The van der Waals surface area contributed by atoms with Crippen LogP contribution < -0.4 is 14.4 Å². The summed E-state index contributed by atoms with van der Waals surface area (Å²) >= 11 is 0. The zero-order valence-corrected chi connectivity index (χ0v) is 22.2. The van der Waals surface area contributed by atoms with Crippen LogP contribution in [0.3, 0.4) is 0 Å². The molecule has 0 radical (unpaired) electrons. The Morgan fingerprint density at radius 3 is 1.74 bits per heavy atom. The normalized spacial score (nSPS) is 13.4. The van der Waals surface area contributed by atoms with E-state index in [0.29, 0.717) is 0 Å². The molecular weight excluding hydrogens is 466 g/mol. The van der Waals surface area contributed by atoms with E-state index in [0.717, 1.165) is 39.4 Å². The lowest BCUT2D eigenvalue weighted by atomic mass is 9.73. The van der Waals surface area contributed by atoms with E-state index in [2.05, 4.69) is 116 Å². The Kier molecular flexibility index (Phi) is 5.92. The molecule has 0 atom stereocenters. The SMILES string of the molecule is COc1ccccc1-c1cccc(-c2cc(N3c4ccccc4C(C)(C)c4ccccc43)ccc2OC)c1. The standard InChI is InChI=1S/C35H31NO2/c1-35(2)29-15-6-8-17-31(29)36(32-18-9-7-16-30(32)35)26-20-21-34(38-4)28(23-26)25-13-11-12-24(22-25)27-14-5-10-19-33(27)37-3/h5-23H,1-4H3. The third kappa shape index (κ3) is 3.83. The van der Waals surface area contributed by atoms with Gasteiger partial charge in [-0.25, -0.2) is 0 Å². The number of benzene rings is 5. The van der Waals surface area contributed by atoms with Crippen LogP contribution in [-0.2, 0) is 5.41 Å². The van der Waals surface area contributed by atoms with Gasteiger partial charge in [0.25, 0.3) is 0 Å². The van der Waals surface area contributed by atoms with Crippen LogP contribution in [0.15, 0.2) is 115 Å². The molecule has 188 valence electrons. The van der Waals surface area contributed by atoms with Gasteiger partial charge < -0.3 is 14.4 Å². The maximum atomic E-state index is 5.86. The summed E-state index contributed by atoms with van der Waals surface area (Å²) in [5, 5.41) is 0. The molecule has 5 aromatic carbocycles. The summed E-state index contributed by atoms with van der Waals surface area (Å²) in [6.45, 7) is 4.62. The highest BCUT2D eigenvalue weighted by atomic mass is 16.5. The summed E-state index contributed by atoms with van der Waals surface area (Å²) < 4.78 is 11.5. The molecule has 6 rings (SSSR count). The van der Waals surface area contributed by atoms with Crippen molar-refractivity contribution in [3.8, 4) is 33.8 Å². The first-order valence-electron chi connectivity index (χ1n) is 12.9. The van der Waals surface area contributed by atoms with Gasteiger partial charge in [0.15, 0.2) is 0 Å². The van der Waals surface area contributed by atoms with Crippen LogP contribution in [-0.4, -0.2) is 14.2 Å². The molecule has 0 amide bonds. The Morgan fingerprint density at radius 2 is 1.08 bits per heavy atom. The molecule has 0 N–H and O–H groups in total. The van der Waals surface area contributed by atoms with E-state index in [1.54, 1.807) is 14.2 Å². The number of rotatable bonds is 5. The van der Waals surface area contributed by atoms with Crippen molar-refractivity contribution in [1.82, 2.24) is 0 Å². The summed E-state index contributed by atoms with van der Waals surface area (Å²) in [6.07, 6.45) is 0. The molecule has 1 aliphatic rings. The largest absolute Gasteiger partial charge is 0.496 e. The van der Waals surface area contributed by atoms with E-state index >= 15 is 0 Å². The number of methoxy groups -OCH3 is 2. The van der Waals surface area contributed by atoms with Crippen molar-refractivity contribution in [2.24, 2.45) is 0 Å². The molecule has 0 aromatic heterocycles. The van der Waals surface area contributed by atoms with Crippen molar-refractivity contribution in [3.05, 3.63) is 126 Å². The minimum Gasteiger partial charge on any atom is -0.496 e. The van der Waals surface area contributed by atoms with Crippen molar-refractivity contribution in [1.29, 1.82) is 0 Å². The molecule has 3 nitrogen and oxygen atoms in total. The molecular formula is C35H31NO2. The Balaban J connectivity index is 1.53. The van der Waals surface area contributed by atoms with Gasteiger partial charge in [0.2, 0.25) is 0 Å². The number of fused-ring (bicyclic) bond motifs is 2. The van der Waals surface area contributed by atoms with Crippen molar-refractivity contribution in [2.45, 2.75) is 19.3 Å². The van der Waals surface area contributed by atoms with E-state index in [1.807, 2.05) is 18.2 Å². The summed E-state index contributed by atoms with van der Waals surface area (Å²) in [5.41, 5.74) is 10.3. The Hall–Kier alpha value is -4.50. The van der Waals surface area contributed by atoms with Crippen LogP contribution in [0.5, 0.6) is 11.5 Å². The third-order valence-electron chi connectivity index (χ3n) is 7.67. The third-order valence-corrected chi connectivity index (χ3v) is 7.67. The predicted octanol–water partition coefficient (Wildman–Crippen LogP) is 9.15. The van der Waals surface area contributed by atoms with Crippen molar-refractivity contribution < 1.29 is 9.47 Å². The molecule has 0 unspecified atom stereocenters. The van der Waals surface area contributed by atoms with Crippen molar-refractivity contribution in [3.63, 3.8) is 0 Å². The number of hydrogen-bond acceptors (Lipinski definition) is 3. The summed E-state index contributed by atoms with van der Waals surface area (Å²) in [7, 11) is 3.45. The smallest absolute Gasteiger partial charge is 0.126 e. The molecule has 0 fully saturated rings. The summed E-state index contributed by atoms with van der Waals surface area (Å²) in [6, 6.07) is 40.6. The van der Waals surface area contributed by atoms with E-state index in [4.69, 9.17) is 9.47 Å². The highest BCUT2D eigenvalue weighted by Crippen LogP contribution is 2.52. The highest BCUT2D eigenvalue weighted by molar-refractivity contribution is 5.89. The first-order chi connectivity index (χ1) is 18.5. The van der Waals surface area contributed by atoms with E-state index in [-0.39, 0.29) is 5.41 Å². The van der Waals surface area contributed by atoms with Crippen LogP contribution in [0.1, 0.15) is 25.0 Å². The molecule has 38 heavy (non-hydrogen) atoms. The first kappa shape index (κ1) is 23.9. The molecule has 3 heteroatoms. The molecule has 1 heterocycles. The fraction of sp³-hybridized carbons (Fsp3) is 0.143. The molecule has 0 aliphatic carbocycles. The average molecular weight is 498 g/mol. The second-order valence-electron chi connectivity index (χ2n) is 10.2. The van der Waals surface area contributed by atoms with Crippen LogP contribution in [0.25, 0.3) is 22.3 Å². The van der Waals surface area contributed by atoms with Crippen LogP contribution >= 0.6 is 0 Å². The average Bonchev–Trinajstić information content (AvgIpc) is 2.97. The van der Waals surface area contributed by atoms with Gasteiger partial charge >= 0.3 is 0 Å². The van der Waals surface area contributed by atoms with Crippen molar-refractivity contribution >= 4 is 17.1 Å². The van der Waals surface area contributed by atoms with Crippen LogP contribution in [0.2, 0.25) is 0 Å². The molecule has 0 saturated carbocycles. The molecule has 5 aromatic rings. The number of nitrogens with zero attached hydrogens (tertiary/aromatic N) is 1. The molecule has 0 bridgehead atoms. The van der Waals surface area contributed by atoms with Gasteiger partial charge in [-0.3, -0.25) is 0 Å². The molecule has 1 aliphatic heterocycles. The van der Waals surface area contributed by atoms with Gasteiger partial charge in [0, 0.05) is 22.2 Å². The van der Waals surface area contributed by atoms with Gasteiger partial charge in [0.1, 0.15) is 11.5 Å². The quantitative estimate of drug-likeness (QED) is 0.242. The van der Waals surface area contributed by atoms with Gasteiger partial charge in [-0.1, -0.05) is 86.6 Å². The second-order valence-corrected chi connectivity index (χ2v) is 10.2. The molecule has 0 spiro atoms. The van der Waals surface area contributed by atoms with Gasteiger partial charge in [0.05, 0.1) is 25.6 Å². The minimum atomic E-state index is -0.0952. The van der Waals surface area contributed by atoms with Crippen molar-refractivity contribution in [2.75, 3.05) is 19.1 Å². The highest BCUT2D eigenvalue weighted by Gasteiger charge is 2.36. The number of para-hydroxylation sites is 3. The topological polar surface area (TPSA) is 21.7 Å². The maximum Gasteiger partial charge on any atom is 0.126 e. The minimum absolute atomic E-state index is 0.0952. The fourth-order valence-corrected chi connectivity index (χ4v) is 5.75. The van der Waals surface area contributed by atoms with Gasteiger partial charge in [-0.2, -0.15) is 0 Å². The van der Waals surface area contributed by atoms with E-state index in [9.17, 15) is 0 Å². The zero-order chi connectivity index (χ0) is 26.3. The maximum absolute atomic E-state index is 5.86. The number of ether oxygens (including phenoxy) is 2. The van der Waals surface area contributed by atoms with Crippen LogP contribution in [0.4, 0.5) is 17.1 Å². The van der Waals surface area contributed by atoms with E-state index < -0.39 is 0 Å². The summed E-state index contributed by atoms with van der Waals surface area (Å²) in [4.78, 5) is 2.38. The number of anilines is 3.